The van der Waals surface area contributed by atoms with Crippen molar-refractivity contribution in [2.24, 2.45) is 5.92 Å². The molecule has 0 spiro atoms. The Morgan fingerprint density at radius 2 is 2.16 bits per heavy atom. The highest BCUT2D eigenvalue weighted by molar-refractivity contribution is 8.06. The van der Waals surface area contributed by atoms with E-state index in [-0.39, 0.29) is 0 Å². The van der Waals surface area contributed by atoms with Gasteiger partial charge in [-0.05, 0) is 38.3 Å². The summed E-state index contributed by atoms with van der Waals surface area (Å²) in [5, 5.41) is 8.01. The van der Waals surface area contributed by atoms with Gasteiger partial charge in [-0.15, -0.1) is 11.8 Å². The van der Waals surface area contributed by atoms with Crippen LogP contribution in [0.25, 0.3) is 0 Å². The summed E-state index contributed by atoms with van der Waals surface area (Å²) in [6, 6.07) is 0. The van der Waals surface area contributed by atoms with Gasteiger partial charge in [-0.1, -0.05) is 5.16 Å². The molecule has 0 aromatic carbocycles. The molecule has 0 radical (unpaired) electrons. The molecule has 2 fully saturated rings. The smallest absolute Gasteiger partial charge is 0.226 e. The van der Waals surface area contributed by atoms with Gasteiger partial charge in [0.1, 0.15) is 0 Å². The molecule has 2 aliphatic heterocycles. The van der Waals surface area contributed by atoms with Crippen molar-refractivity contribution in [3.05, 3.63) is 11.7 Å². The van der Waals surface area contributed by atoms with Gasteiger partial charge in [0.15, 0.2) is 5.82 Å². The number of aryl methyl sites for hydroxylation is 1. The third-order valence-electron chi connectivity index (χ3n) is 3.81. The lowest BCUT2D eigenvalue weighted by molar-refractivity contribution is 0.323. The lowest BCUT2D eigenvalue weighted by Gasteiger charge is -2.21. The first-order valence-electron chi connectivity index (χ1n) is 7.14. The SMILES string of the molecule is C1CC(CCc2nc(C3CSCCS3)no2)CCN1. The first kappa shape index (κ1) is 13.8. The Kier molecular flexibility index (Phi) is 5.07. The van der Waals surface area contributed by atoms with Crippen molar-refractivity contribution in [2.75, 3.05) is 30.3 Å². The van der Waals surface area contributed by atoms with Gasteiger partial charge in [0.2, 0.25) is 5.89 Å². The van der Waals surface area contributed by atoms with E-state index < -0.39 is 0 Å². The van der Waals surface area contributed by atoms with Gasteiger partial charge in [-0.25, -0.2) is 0 Å². The average molecular weight is 299 g/mol. The third kappa shape index (κ3) is 3.89. The molecule has 1 aromatic heterocycles. The van der Waals surface area contributed by atoms with Crippen LogP contribution in [0.1, 0.15) is 36.2 Å². The normalized spacial score (nSPS) is 25.6. The fraction of sp³-hybridized carbons (Fsp3) is 0.846. The highest BCUT2D eigenvalue weighted by atomic mass is 32.2. The zero-order chi connectivity index (χ0) is 12.9. The van der Waals surface area contributed by atoms with Crippen LogP contribution in [-0.4, -0.2) is 40.5 Å². The molecule has 6 heteroatoms. The second-order valence-corrected chi connectivity index (χ2v) is 7.67. The van der Waals surface area contributed by atoms with E-state index >= 15 is 0 Å². The summed E-state index contributed by atoms with van der Waals surface area (Å²) in [6.45, 7) is 2.32. The molecule has 1 atom stereocenters. The Labute approximate surface area is 122 Å². The van der Waals surface area contributed by atoms with Gasteiger partial charge < -0.3 is 9.84 Å². The number of nitrogens with zero attached hydrogens (tertiary/aromatic N) is 2. The summed E-state index contributed by atoms with van der Waals surface area (Å²) >= 11 is 3.96. The van der Waals surface area contributed by atoms with E-state index in [4.69, 9.17) is 4.52 Å². The molecule has 106 valence electrons. The lowest BCUT2D eigenvalue weighted by atomic mass is 9.93. The molecule has 1 aromatic rings. The van der Waals surface area contributed by atoms with E-state index in [1.807, 2.05) is 23.5 Å². The number of nitrogens with one attached hydrogen (secondary N) is 1. The Hall–Kier alpha value is -0.200. The zero-order valence-corrected chi connectivity index (χ0v) is 12.8. The summed E-state index contributed by atoms with van der Waals surface area (Å²) in [6.07, 6.45) is 4.71. The molecule has 0 aliphatic carbocycles. The van der Waals surface area contributed by atoms with E-state index in [1.54, 1.807) is 0 Å². The van der Waals surface area contributed by atoms with E-state index in [2.05, 4.69) is 15.5 Å². The molecular formula is C13H21N3OS2. The molecule has 2 aliphatic rings. The van der Waals surface area contributed by atoms with Crippen molar-refractivity contribution in [1.29, 1.82) is 0 Å². The van der Waals surface area contributed by atoms with E-state index in [9.17, 15) is 0 Å². The highest BCUT2D eigenvalue weighted by Crippen LogP contribution is 2.35. The van der Waals surface area contributed by atoms with Gasteiger partial charge in [-0.3, -0.25) is 0 Å². The van der Waals surface area contributed by atoms with Crippen LogP contribution in [0.3, 0.4) is 0 Å². The van der Waals surface area contributed by atoms with E-state index in [0.717, 1.165) is 42.9 Å². The van der Waals surface area contributed by atoms with Gasteiger partial charge in [-0.2, -0.15) is 16.7 Å². The number of hydrogen-bond donors (Lipinski definition) is 1. The van der Waals surface area contributed by atoms with Crippen LogP contribution in [0.15, 0.2) is 4.52 Å². The molecule has 0 bridgehead atoms. The van der Waals surface area contributed by atoms with Crippen molar-refractivity contribution in [3.8, 4) is 0 Å². The van der Waals surface area contributed by atoms with Crippen LogP contribution >= 0.6 is 23.5 Å². The van der Waals surface area contributed by atoms with Crippen LogP contribution in [0.4, 0.5) is 0 Å². The van der Waals surface area contributed by atoms with Crippen molar-refractivity contribution in [3.63, 3.8) is 0 Å². The van der Waals surface area contributed by atoms with Crippen molar-refractivity contribution < 1.29 is 4.52 Å². The Balaban J connectivity index is 1.49. The fourth-order valence-electron chi connectivity index (χ4n) is 2.64. The standard InChI is InChI=1S/C13H21N3OS2/c1(10-3-5-14-6-4-10)2-12-15-13(16-17-12)11-9-18-7-8-19-11/h10-11,14H,1-9H2. The minimum absolute atomic E-state index is 0.440. The number of piperidine rings is 1. The lowest BCUT2D eigenvalue weighted by Crippen LogP contribution is -2.27. The molecule has 2 saturated heterocycles. The van der Waals surface area contributed by atoms with Gasteiger partial charge in [0.25, 0.3) is 0 Å². The predicted octanol–water partition coefficient (Wildman–Crippen LogP) is 2.52. The molecule has 4 nitrogen and oxygen atoms in total. The zero-order valence-electron chi connectivity index (χ0n) is 11.1. The maximum absolute atomic E-state index is 5.41. The van der Waals surface area contributed by atoms with E-state index in [0.29, 0.717) is 5.25 Å². The molecular weight excluding hydrogens is 278 g/mol. The van der Waals surface area contributed by atoms with Crippen LogP contribution in [0, 0.1) is 5.92 Å². The van der Waals surface area contributed by atoms with Gasteiger partial charge in [0, 0.05) is 23.7 Å². The van der Waals surface area contributed by atoms with Crippen LogP contribution in [0.2, 0.25) is 0 Å². The maximum Gasteiger partial charge on any atom is 0.226 e. The highest BCUT2D eigenvalue weighted by Gasteiger charge is 2.22. The van der Waals surface area contributed by atoms with Crippen LogP contribution < -0.4 is 5.32 Å². The molecule has 19 heavy (non-hydrogen) atoms. The van der Waals surface area contributed by atoms with Crippen LogP contribution in [-0.2, 0) is 6.42 Å². The predicted molar refractivity (Wildman–Crippen MR) is 80.7 cm³/mol. The summed E-state index contributed by atoms with van der Waals surface area (Å²) in [5.41, 5.74) is 0. The first-order chi connectivity index (χ1) is 9.42. The summed E-state index contributed by atoms with van der Waals surface area (Å²) in [7, 11) is 0. The number of rotatable bonds is 4. The van der Waals surface area contributed by atoms with Crippen molar-refractivity contribution in [2.45, 2.75) is 30.9 Å². The Morgan fingerprint density at radius 3 is 2.95 bits per heavy atom. The number of aromatic nitrogens is 2. The van der Waals surface area contributed by atoms with Gasteiger partial charge >= 0.3 is 0 Å². The number of thioether (sulfide) groups is 2. The molecule has 0 amide bonds. The average Bonchev–Trinajstić information content (AvgIpc) is 2.96. The topological polar surface area (TPSA) is 51.0 Å². The van der Waals surface area contributed by atoms with Gasteiger partial charge in [0.05, 0.1) is 5.25 Å². The summed E-state index contributed by atoms with van der Waals surface area (Å²) in [5.74, 6) is 6.16. The maximum atomic E-state index is 5.41. The Morgan fingerprint density at radius 1 is 1.26 bits per heavy atom. The van der Waals surface area contributed by atoms with E-state index in [1.165, 1.54) is 30.8 Å². The minimum Gasteiger partial charge on any atom is -0.339 e. The number of hydrogen-bond acceptors (Lipinski definition) is 6. The second kappa shape index (κ2) is 6.99. The first-order valence-corrected chi connectivity index (χ1v) is 9.35. The molecule has 0 saturated carbocycles. The summed E-state index contributed by atoms with van der Waals surface area (Å²) in [4.78, 5) is 4.59. The second-order valence-electron chi connectivity index (χ2n) is 5.21. The van der Waals surface area contributed by atoms with Crippen molar-refractivity contribution in [1.82, 2.24) is 15.5 Å². The molecule has 1 unspecified atom stereocenters. The van der Waals surface area contributed by atoms with Crippen LogP contribution in [0.5, 0.6) is 0 Å². The molecule has 3 rings (SSSR count). The third-order valence-corrected chi connectivity index (χ3v) is 6.56. The monoisotopic (exact) mass is 299 g/mol. The Bertz CT molecular complexity index is 387. The fourth-order valence-corrected chi connectivity index (χ4v) is 5.22. The summed E-state index contributed by atoms with van der Waals surface area (Å²) < 4.78 is 5.41. The molecule has 3 heterocycles. The minimum atomic E-state index is 0.440. The quantitative estimate of drug-likeness (QED) is 0.922. The largest absolute Gasteiger partial charge is 0.339 e. The molecule has 1 N–H and O–H groups in total. The van der Waals surface area contributed by atoms with Crippen molar-refractivity contribution >= 4 is 23.5 Å².